The van der Waals surface area contributed by atoms with Crippen molar-refractivity contribution < 1.29 is 19.1 Å². The molecule has 0 aliphatic carbocycles. The van der Waals surface area contributed by atoms with Crippen LogP contribution in [0.1, 0.15) is 48.7 Å². The first kappa shape index (κ1) is 23.0. The van der Waals surface area contributed by atoms with Gasteiger partial charge in [0.15, 0.2) is 5.11 Å². The Kier molecular flexibility index (Phi) is 8.96. The molecular weight excluding hydrogens is 402 g/mol. The zero-order valence-electron chi connectivity index (χ0n) is 16.9. The molecule has 0 fully saturated rings. The molecule has 0 saturated carbocycles. The summed E-state index contributed by atoms with van der Waals surface area (Å²) in [4.78, 5) is 36.0. The Hall–Kier alpha value is -3.26. The van der Waals surface area contributed by atoms with Crippen LogP contribution in [0.2, 0.25) is 0 Å². The molecule has 2 aromatic carbocycles. The van der Waals surface area contributed by atoms with Crippen molar-refractivity contribution in [2.75, 3.05) is 11.9 Å². The highest BCUT2D eigenvalue weighted by Crippen LogP contribution is 2.18. The molecule has 0 aromatic heterocycles. The summed E-state index contributed by atoms with van der Waals surface area (Å²) in [5.74, 6) is -1.13. The summed E-state index contributed by atoms with van der Waals surface area (Å²) in [5, 5.41) is 8.36. The summed E-state index contributed by atoms with van der Waals surface area (Å²) in [6, 6.07) is 16.3. The maximum absolute atomic E-state index is 12.8. The van der Waals surface area contributed by atoms with Crippen LogP contribution in [0.3, 0.4) is 0 Å². The van der Waals surface area contributed by atoms with Gasteiger partial charge in [-0.25, -0.2) is 0 Å². The monoisotopic (exact) mass is 427 g/mol. The number of anilines is 1. The Labute approximate surface area is 181 Å². The van der Waals surface area contributed by atoms with Gasteiger partial charge < -0.3 is 20.7 Å². The second-order valence-corrected chi connectivity index (χ2v) is 6.87. The van der Waals surface area contributed by atoms with Gasteiger partial charge in [0.2, 0.25) is 5.91 Å². The molecule has 158 valence electrons. The first-order chi connectivity index (χ1) is 14.4. The summed E-state index contributed by atoms with van der Waals surface area (Å²) in [6.07, 6.45) is -0.0734. The van der Waals surface area contributed by atoms with Gasteiger partial charge in [-0.15, -0.1) is 0 Å². The number of carbonyl (C=O) groups excluding carboxylic acids is 3. The van der Waals surface area contributed by atoms with E-state index in [1.807, 2.05) is 37.3 Å². The van der Waals surface area contributed by atoms with Crippen LogP contribution in [0.4, 0.5) is 5.69 Å². The lowest BCUT2D eigenvalue weighted by molar-refractivity contribution is -0.144. The molecule has 1 unspecified atom stereocenters. The van der Waals surface area contributed by atoms with Crippen LogP contribution < -0.4 is 16.0 Å². The minimum absolute atomic E-state index is 0.0291. The lowest BCUT2D eigenvalue weighted by atomic mass is 10.1. The van der Waals surface area contributed by atoms with Gasteiger partial charge in [-0.2, -0.15) is 0 Å². The van der Waals surface area contributed by atoms with Crippen LogP contribution in [0.5, 0.6) is 0 Å². The van der Waals surface area contributed by atoms with Crippen molar-refractivity contribution in [3.63, 3.8) is 0 Å². The van der Waals surface area contributed by atoms with Crippen molar-refractivity contribution in [1.29, 1.82) is 0 Å². The number of amides is 2. The number of ether oxygens (including phenoxy) is 1. The van der Waals surface area contributed by atoms with Crippen LogP contribution in [-0.4, -0.2) is 29.5 Å². The van der Waals surface area contributed by atoms with E-state index in [4.69, 9.17) is 17.0 Å². The molecule has 0 radical (unpaired) electrons. The molecule has 7 nitrogen and oxygen atoms in total. The fourth-order valence-corrected chi connectivity index (χ4v) is 2.90. The van der Waals surface area contributed by atoms with E-state index in [0.29, 0.717) is 11.3 Å². The van der Waals surface area contributed by atoms with Crippen LogP contribution in [0, 0.1) is 0 Å². The Morgan fingerprint density at radius 1 is 1.00 bits per heavy atom. The number of thiocarbonyl (C=S) groups is 1. The molecular formula is C22H25N3O4S. The third-order valence-electron chi connectivity index (χ3n) is 4.18. The lowest BCUT2D eigenvalue weighted by Gasteiger charge is -2.17. The van der Waals surface area contributed by atoms with Crippen molar-refractivity contribution in [3.8, 4) is 0 Å². The topological polar surface area (TPSA) is 96.5 Å². The van der Waals surface area contributed by atoms with Crippen LogP contribution >= 0.6 is 12.2 Å². The maximum Gasteiger partial charge on any atom is 0.306 e. The molecule has 3 N–H and O–H groups in total. The Morgan fingerprint density at radius 2 is 1.67 bits per heavy atom. The number of nitrogens with one attached hydrogen (secondary N) is 3. The van der Waals surface area contributed by atoms with Gasteiger partial charge in [0.05, 0.1) is 30.3 Å². The van der Waals surface area contributed by atoms with E-state index >= 15 is 0 Å². The predicted octanol–water partition coefficient (Wildman–Crippen LogP) is 3.33. The molecule has 30 heavy (non-hydrogen) atoms. The van der Waals surface area contributed by atoms with Gasteiger partial charge in [0, 0.05) is 6.42 Å². The highest BCUT2D eigenvalue weighted by atomic mass is 32.1. The number of hydrogen-bond acceptors (Lipinski definition) is 5. The lowest BCUT2D eigenvalue weighted by Crippen LogP contribution is -2.35. The van der Waals surface area contributed by atoms with E-state index in [-0.39, 0.29) is 36.5 Å². The van der Waals surface area contributed by atoms with Crippen molar-refractivity contribution in [1.82, 2.24) is 10.6 Å². The van der Waals surface area contributed by atoms with E-state index in [2.05, 4.69) is 16.0 Å². The number of rotatable bonds is 8. The quantitative estimate of drug-likeness (QED) is 0.442. The van der Waals surface area contributed by atoms with Gasteiger partial charge in [0.25, 0.3) is 5.91 Å². The van der Waals surface area contributed by atoms with Crippen LogP contribution in [0.15, 0.2) is 54.6 Å². The molecule has 0 aliphatic heterocycles. The Balaban J connectivity index is 1.95. The fourth-order valence-electron chi connectivity index (χ4n) is 2.68. The van der Waals surface area contributed by atoms with E-state index in [1.54, 1.807) is 31.2 Å². The van der Waals surface area contributed by atoms with Crippen LogP contribution in [-0.2, 0) is 14.3 Å². The van der Waals surface area contributed by atoms with Gasteiger partial charge in [-0.1, -0.05) is 42.5 Å². The zero-order valence-corrected chi connectivity index (χ0v) is 17.8. The Bertz CT molecular complexity index is 902. The molecule has 0 aliphatic rings. The SMILES string of the molecule is CCOC(=O)CCC(=O)NC(=S)Nc1ccccc1C(=O)NC(C)c1ccccc1. The fraction of sp³-hybridized carbons (Fsp3) is 0.273. The molecule has 0 spiro atoms. The number of esters is 1. The van der Waals surface area contributed by atoms with Crippen molar-refractivity contribution >= 4 is 40.8 Å². The molecule has 0 heterocycles. The molecule has 0 bridgehead atoms. The van der Waals surface area contributed by atoms with Crippen molar-refractivity contribution in [2.24, 2.45) is 0 Å². The molecule has 2 aromatic rings. The largest absolute Gasteiger partial charge is 0.466 e. The molecule has 2 amide bonds. The average Bonchev–Trinajstić information content (AvgIpc) is 2.73. The van der Waals surface area contributed by atoms with Gasteiger partial charge >= 0.3 is 5.97 Å². The van der Waals surface area contributed by atoms with E-state index in [1.165, 1.54) is 0 Å². The molecule has 2 rings (SSSR count). The molecule has 0 saturated heterocycles. The van der Waals surface area contributed by atoms with Crippen molar-refractivity contribution in [2.45, 2.75) is 32.7 Å². The Morgan fingerprint density at radius 3 is 2.37 bits per heavy atom. The van der Waals surface area contributed by atoms with E-state index in [9.17, 15) is 14.4 Å². The number of benzene rings is 2. The van der Waals surface area contributed by atoms with Gasteiger partial charge in [0.1, 0.15) is 0 Å². The summed E-state index contributed by atoms with van der Waals surface area (Å²) < 4.78 is 4.79. The van der Waals surface area contributed by atoms with Gasteiger partial charge in [-0.05, 0) is 43.8 Å². The normalized spacial score (nSPS) is 11.1. The third-order valence-corrected chi connectivity index (χ3v) is 4.39. The second kappa shape index (κ2) is 11.7. The summed E-state index contributed by atoms with van der Waals surface area (Å²) >= 11 is 5.16. The maximum atomic E-state index is 12.8. The first-order valence-electron chi connectivity index (χ1n) is 9.62. The first-order valence-corrected chi connectivity index (χ1v) is 10.0. The number of hydrogen-bond donors (Lipinski definition) is 3. The summed E-state index contributed by atoms with van der Waals surface area (Å²) in [5.41, 5.74) is 1.84. The highest BCUT2D eigenvalue weighted by molar-refractivity contribution is 7.80. The smallest absolute Gasteiger partial charge is 0.306 e. The third kappa shape index (κ3) is 7.29. The average molecular weight is 428 g/mol. The zero-order chi connectivity index (χ0) is 21.9. The minimum Gasteiger partial charge on any atom is -0.466 e. The van der Waals surface area contributed by atoms with Crippen molar-refractivity contribution in [3.05, 3.63) is 65.7 Å². The molecule has 8 heteroatoms. The summed E-state index contributed by atoms with van der Waals surface area (Å²) in [6.45, 7) is 3.87. The predicted molar refractivity (Wildman–Crippen MR) is 119 cm³/mol. The number of carbonyl (C=O) groups is 3. The molecule has 1 atom stereocenters. The number of para-hydroxylation sites is 1. The summed E-state index contributed by atoms with van der Waals surface area (Å²) in [7, 11) is 0. The van der Waals surface area contributed by atoms with Crippen LogP contribution in [0.25, 0.3) is 0 Å². The standard InChI is InChI=1S/C22H25N3O4S/c1-3-29-20(27)14-13-19(26)25-22(30)24-18-12-8-7-11-17(18)21(28)23-15(2)16-9-5-4-6-10-16/h4-12,15H,3,13-14H2,1-2H3,(H,23,28)(H2,24,25,26,30). The second-order valence-electron chi connectivity index (χ2n) is 6.46. The van der Waals surface area contributed by atoms with E-state index in [0.717, 1.165) is 5.56 Å². The highest BCUT2D eigenvalue weighted by Gasteiger charge is 2.16. The van der Waals surface area contributed by atoms with Gasteiger partial charge in [-0.3, -0.25) is 14.4 Å². The minimum atomic E-state index is -0.443. The van der Waals surface area contributed by atoms with E-state index < -0.39 is 11.9 Å².